The summed E-state index contributed by atoms with van der Waals surface area (Å²) >= 11 is 0. The first-order valence-electron chi connectivity index (χ1n) is 9.05. The molecule has 0 spiro atoms. The quantitative estimate of drug-likeness (QED) is 0.537. The zero-order valence-electron chi connectivity index (χ0n) is 17.2. The number of aromatic nitrogens is 2. The fraction of sp³-hybridized carbons (Fsp3) is 0.500. The van der Waals surface area contributed by atoms with E-state index in [9.17, 15) is 0 Å². The van der Waals surface area contributed by atoms with Crippen LogP contribution in [0.4, 0.5) is 0 Å². The molecule has 0 bridgehead atoms. The minimum atomic E-state index is -1.19. The van der Waals surface area contributed by atoms with Crippen LogP contribution in [0.15, 0.2) is 36.7 Å². The lowest BCUT2D eigenvalue weighted by atomic mass is 10.2. The van der Waals surface area contributed by atoms with Crippen molar-refractivity contribution >= 4 is 0 Å². The lowest BCUT2D eigenvalue weighted by molar-refractivity contribution is -0.319. The molecule has 2 atom stereocenters. The van der Waals surface area contributed by atoms with E-state index in [1.165, 1.54) is 14.2 Å². The van der Waals surface area contributed by atoms with Gasteiger partial charge in [-0.05, 0) is 26.0 Å². The molecule has 0 aromatic carbocycles. The van der Waals surface area contributed by atoms with Crippen LogP contribution in [0.2, 0.25) is 0 Å². The summed E-state index contributed by atoms with van der Waals surface area (Å²) in [5.74, 6) is -1.31. The lowest BCUT2D eigenvalue weighted by Crippen LogP contribution is -2.38. The molecule has 0 saturated carbocycles. The summed E-state index contributed by atoms with van der Waals surface area (Å²) in [6, 6.07) is 6.94. The smallest absolute Gasteiger partial charge is 0.323 e. The normalized spacial score (nSPS) is 15.5. The van der Waals surface area contributed by atoms with Gasteiger partial charge in [0.05, 0.1) is 24.6 Å². The van der Waals surface area contributed by atoms with Crippen LogP contribution in [0, 0.1) is 0 Å². The predicted octanol–water partition coefficient (Wildman–Crippen LogP) is 3.61. The van der Waals surface area contributed by atoms with Crippen molar-refractivity contribution in [2.75, 3.05) is 27.4 Å². The van der Waals surface area contributed by atoms with Gasteiger partial charge in [-0.25, -0.2) is 0 Å². The van der Waals surface area contributed by atoms with Gasteiger partial charge in [0, 0.05) is 52.6 Å². The summed E-state index contributed by atoms with van der Waals surface area (Å²) in [5.41, 5.74) is 1.21. The number of methoxy groups -OCH3 is 2. The number of hydrogen-bond donors (Lipinski definition) is 0. The van der Waals surface area contributed by atoms with Gasteiger partial charge in [-0.15, -0.1) is 0 Å². The third-order valence-corrected chi connectivity index (χ3v) is 3.89. The molecular weight excluding hydrogens is 364 g/mol. The Labute approximate surface area is 165 Å². The van der Waals surface area contributed by atoms with E-state index in [0.717, 1.165) is 0 Å². The lowest BCUT2D eigenvalue weighted by Gasteiger charge is -2.28. The van der Waals surface area contributed by atoms with Crippen molar-refractivity contribution < 1.29 is 28.4 Å². The third kappa shape index (κ3) is 5.87. The van der Waals surface area contributed by atoms with Crippen molar-refractivity contribution in [3.05, 3.63) is 36.7 Å². The van der Waals surface area contributed by atoms with Crippen molar-refractivity contribution in [1.82, 2.24) is 9.97 Å². The Bertz CT molecular complexity index is 695. The van der Waals surface area contributed by atoms with Gasteiger partial charge in [-0.3, -0.25) is 9.97 Å². The third-order valence-electron chi connectivity index (χ3n) is 3.89. The molecule has 28 heavy (non-hydrogen) atoms. The minimum absolute atomic E-state index is 0.446. The molecule has 0 saturated heterocycles. The van der Waals surface area contributed by atoms with E-state index in [-0.39, 0.29) is 0 Å². The number of hydrogen-bond acceptors (Lipinski definition) is 8. The standard InChI is InChI=1S/C20H28N2O6/c1-7-25-19(3,23-5)27-15-9-11-21-17(13-15)18-14-16(10-12-22-18)28-20(4,24-6)26-8-2/h9-14H,7-8H2,1-6H3. The highest BCUT2D eigenvalue weighted by molar-refractivity contribution is 5.57. The molecule has 2 aromatic rings. The summed E-state index contributed by atoms with van der Waals surface area (Å²) in [5, 5.41) is 0. The van der Waals surface area contributed by atoms with Gasteiger partial charge < -0.3 is 28.4 Å². The summed E-state index contributed by atoms with van der Waals surface area (Å²) in [4.78, 5) is 8.73. The van der Waals surface area contributed by atoms with Crippen LogP contribution in [0.25, 0.3) is 11.4 Å². The summed E-state index contributed by atoms with van der Waals surface area (Å²) in [7, 11) is 3.04. The molecule has 0 radical (unpaired) electrons. The van der Waals surface area contributed by atoms with Crippen LogP contribution in [0.1, 0.15) is 27.7 Å². The maximum atomic E-state index is 5.83. The first kappa shape index (κ1) is 22.0. The maximum Gasteiger partial charge on any atom is 0.323 e. The molecule has 0 aliphatic rings. The van der Waals surface area contributed by atoms with Crippen LogP contribution in [-0.2, 0) is 18.9 Å². The highest BCUT2D eigenvalue weighted by Crippen LogP contribution is 2.27. The van der Waals surface area contributed by atoms with E-state index in [2.05, 4.69) is 9.97 Å². The molecular formula is C20H28N2O6. The largest absolute Gasteiger partial charge is 0.439 e. The molecule has 0 aliphatic carbocycles. The summed E-state index contributed by atoms with van der Waals surface area (Å²) in [6.45, 7) is 8.02. The number of rotatable bonds is 11. The Balaban J connectivity index is 2.24. The van der Waals surface area contributed by atoms with E-state index in [4.69, 9.17) is 28.4 Å². The van der Waals surface area contributed by atoms with Gasteiger partial charge >= 0.3 is 11.9 Å². The molecule has 8 heteroatoms. The molecule has 2 heterocycles. The Morgan fingerprint density at radius 3 is 1.46 bits per heavy atom. The monoisotopic (exact) mass is 392 g/mol. The van der Waals surface area contributed by atoms with Crippen LogP contribution in [0.3, 0.4) is 0 Å². The molecule has 8 nitrogen and oxygen atoms in total. The highest BCUT2D eigenvalue weighted by atomic mass is 16.9. The molecule has 2 unspecified atom stereocenters. The Morgan fingerprint density at radius 2 is 1.14 bits per heavy atom. The van der Waals surface area contributed by atoms with E-state index in [1.807, 2.05) is 13.8 Å². The zero-order chi connectivity index (χ0) is 20.6. The molecule has 154 valence electrons. The minimum Gasteiger partial charge on any atom is -0.439 e. The first-order valence-corrected chi connectivity index (χ1v) is 9.05. The van der Waals surface area contributed by atoms with Gasteiger partial charge in [0.25, 0.3) is 0 Å². The summed E-state index contributed by atoms with van der Waals surface area (Å²) in [6.07, 6.45) is 3.25. The molecule has 0 fully saturated rings. The van der Waals surface area contributed by atoms with Crippen LogP contribution >= 0.6 is 0 Å². The van der Waals surface area contributed by atoms with Gasteiger partial charge in [-0.2, -0.15) is 0 Å². The second-order valence-corrected chi connectivity index (χ2v) is 5.96. The molecule has 0 N–H and O–H groups in total. The Morgan fingerprint density at radius 1 is 0.750 bits per heavy atom. The van der Waals surface area contributed by atoms with E-state index < -0.39 is 11.9 Å². The van der Waals surface area contributed by atoms with Gasteiger partial charge in [0.1, 0.15) is 11.5 Å². The van der Waals surface area contributed by atoms with Crippen molar-refractivity contribution in [1.29, 1.82) is 0 Å². The Hall–Kier alpha value is -2.26. The number of pyridine rings is 2. The second-order valence-electron chi connectivity index (χ2n) is 5.96. The summed E-state index contributed by atoms with van der Waals surface area (Å²) < 4.78 is 33.3. The van der Waals surface area contributed by atoms with E-state index >= 15 is 0 Å². The van der Waals surface area contributed by atoms with Crippen LogP contribution in [0.5, 0.6) is 11.5 Å². The van der Waals surface area contributed by atoms with Gasteiger partial charge in [0.15, 0.2) is 0 Å². The fourth-order valence-electron chi connectivity index (χ4n) is 2.44. The zero-order valence-corrected chi connectivity index (χ0v) is 17.2. The average molecular weight is 392 g/mol. The number of ether oxygens (including phenoxy) is 6. The molecule has 2 rings (SSSR count). The molecule has 0 amide bonds. The first-order chi connectivity index (χ1) is 13.4. The van der Waals surface area contributed by atoms with E-state index in [1.54, 1.807) is 50.5 Å². The van der Waals surface area contributed by atoms with Crippen molar-refractivity contribution in [2.24, 2.45) is 0 Å². The maximum absolute atomic E-state index is 5.83. The van der Waals surface area contributed by atoms with Crippen LogP contribution in [-0.4, -0.2) is 49.3 Å². The SMILES string of the molecule is CCOC(C)(OC)Oc1ccnc(-c2cc(OC(C)(OC)OCC)ccn2)c1. The fourth-order valence-corrected chi connectivity index (χ4v) is 2.44. The van der Waals surface area contributed by atoms with E-state index in [0.29, 0.717) is 36.1 Å². The molecule has 0 aliphatic heterocycles. The highest BCUT2D eigenvalue weighted by Gasteiger charge is 2.28. The van der Waals surface area contributed by atoms with Gasteiger partial charge in [-0.1, -0.05) is 0 Å². The van der Waals surface area contributed by atoms with Gasteiger partial charge in [0.2, 0.25) is 0 Å². The van der Waals surface area contributed by atoms with Crippen molar-refractivity contribution in [3.63, 3.8) is 0 Å². The molecule has 2 aromatic heterocycles. The van der Waals surface area contributed by atoms with Crippen molar-refractivity contribution in [3.8, 4) is 22.9 Å². The average Bonchev–Trinajstić information content (AvgIpc) is 2.69. The number of nitrogens with zero attached hydrogens (tertiary/aromatic N) is 2. The van der Waals surface area contributed by atoms with Crippen LogP contribution < -0.4 is 9.47 Å². The predicted molar refractivity (Wildman–Crippen MR) is 103 cm³/mol. The second kappa shape index (κ2) is 9.79. The Kier molecular flexibility index (Phi) is 7.70. The topological polar surface area (TPSA) is 81.2 Å². The van der Waals surface area contributed by atoms with Crippen molar-refractivity contribution in [2.45, 2.75) is 39.6 Å².